The zero-order valence-corrected chi connectivity index (χ0v) is 11.3. The van der Waals surface area contributed by atoms with Crippen molar-refractivity contribution >= 4 is 11.6 Å². The summed E-state index contributed by atoms with van der Waals surface area (Å²) < 4.78 is 11.1. The zero-order chi connectivity index (χ0) is 13.9. The molecule has 0 fully saturated rings. The van der Waals surface area contributed by atoms with Gasteiger partial charge in [0.25, 0.3) is 5.91 Å². The summed E-state index contributed by atoms with van der Waals surface area (Å²) in [7, 11) is 0. The molecule has 0 spiro atoms. The minimum Gasteiger partial charge on any atom is -0.485 e. The van der Waals surface area contributed by atoms with Crippen molar-refractivity contribution in [2.75, 3.05) is 6.61 Å². The monoisotopic (exact) mass is 272 g/mol. The van der Waals surface area contributed by atoms with Gasteiger partial charge in [-0.15, -0.1) is 0 Å². The van der Waals surface area contributed by atoms with E-state index in [4.69, 9.17) is 9.47 Å². The van der Waals surface area contributed by atoms with E-state index in [1.807, 2.05) is 24.3 Å². The lowest BCUT2D eigenvalue weighted by molar-refractivity contribution is -0.130. The molecule has 1 aliphatic heterocycles. The molecule has 1 N–H and O–H groups in total. The molecule has 1 heterocycles. The van der Waals surface area contributed by atoms with Crippen LogP contribution in [-0.2, 0) is 4.79 Å². The molecular weight excluding hydrogens is 256 g/mol. The molecule has 0 saturated carbocycles. The summed E-state index contributed by atoms with van der Waals surface area (Å²) in [5.74, 6) is 0.963. The van der Waals surface area contributed by atoms with Crippen LogP contribution < -0.4 is 14.9 Å². The average molecular weight is 272 g/mol. The Morgan fingerprint density at radius 3 is 2.85 bits per heavy atom. The van der Waals surface area contributed by atoms with Crippen molar-refractivity contribution in [2.24, 2.45) is 5.10 Å². The van der Waals surface area contributed by atoms with Gasteiger partial charge in [-0.2, -0.15) is 5.10 Å². The molecule has 0 aromatic heterocycles. The number of amides is 1. The lowest BCUT2D eigenvalue weighted by atomic mass is 10.2. The van der Waals surface area contributed by atoms with Crippen LogP contribution in [0.15, 0.2) is 41.0 Å². The first-order valence-electron chi connectivity index (χ1n) is 6.64. The van der Waals surface area contributed by atoms with Gasteiger partial charge >= 0.3 is 0 Å². The highest BCUT2D eigenvalue weighted by Crippen LogP contribution is 2.30. The van der Waals surface area contributed by atoms with Gasteiger partial charge in [0.1, 0.15) is 6.61 Å². The predicted octanol–water partition coefficient (Wildman–Crippen LogP) is 2.04. The number of fused-ring (bicyclic) bond motifs is 1. The summed E-state index contributed by atoms with van der Waals surface area (Å²) in [6.07, 6.45) is 3.20. The number of nitrogens with one attached hydrogen (secondary N) is 1. The fourth-order valence-corrected chi connectivity index (χ4v) is 2.19. The van der Waals surface area contributed by atoms with Gasteiger partial charge in [0.05, 0.1) is 5.71 Å². The Labute approximate surface area is 117 Å². The quantitative estimate of drug-likeness (QED) is 0.838. The molecule has 0 bridgehead atoms. The molecule has 1 unspecified atom stereocenters. The van der Waals surface area contributed by atoms with E-state index in [0.717, 1.165) is 18.6 Å². The van der Waals surface area contributed by atoms with E-state index in [9.17, 15) is 4.79 Å². The molecule has 1 atom stereocenters. The van der Waals surface area contributed by atoms with Crippen LogP contribution in [0.1, 0.15) is 19.8 Å². The van der Waals surface area contributed by atoms with Crippen LogP contribution >= 0.6 is 0 Å². The minimum absolute atomic E-state index is 0.197. The van der Waals surface area contributed by atoms with Gasteiger partial charge in [-0.05, 0) is 38.0 Å². The van der Waals surface area contributed by atoms with Gasteiger partial charge in [0, 0.05) is 0 Å². The standard InChI is InChI=1S/C15H16N2O3/c1-10-6-7-11(8-10)16-17-15(18)14-9-19-12-4-2-3-5-13(12)20-14/h2-5,8,14H,6-7,9H2,1H3,(H,17,18)/b16-11-. The largest absolute Gasteiger partial charge is 0.485 e. The normalized spacial score (nSPS) is 22.6. The van der Waals surface area contributed by atoms with E-state index in [-0.39, 0.29) is 12.5 Å². The first-order chi connectivity index (χ1) is 9.72. The maximum Gasteiger partial charge on any atom is 0.284 e. The topological polar surface area (TPSA) is 59.9 Å². The Morgan fingerprint density at radius 1 is 1.30 bits per heavy atom. The maximum atomic E-state index is 12.0. The van der Waals surface area contributed by atoms with E-state index in [0.29, 0.717) is 11.5 Å². The molecule has 5 heteroatoms. The Balaban J connectivity index is 1.62. The molecule has 2 aliphatic rings. The summed E-state index contributed by atoms with van der Waals surface area (Å²) >= 11 is 0. The van der Waals surface area contributed by atoms with Crippen LogP contribution in [-0.4, -0.2) is 24.3 Å². The van der Waals surface area contributed by atoms with E-state index >= 15 is 0 Å². The van der Waals surface area contributed by atoms with Crippen LogP contribution in [0.4, 0.5) is 0 Å². The Bertz CT molecular complexity index is 593. The number of ether oxygens (including phenoxy) is 2. The molecule has 3 rings (SSSR count). The number of allylic oxidation sites excluding steroid dienone is 2. The maximum absolute atomic E-state index is 12.0. The summed E-state index contributed by atoms with van der Waals surface area (Å²) in [5, 5.41) is 4.11. The van der Waals surface area contributed by atoms with Crippen molar-refractivity contribution in [2.45, 2.75) is 25.9 Å². The Morgan fingerprint density at radius 2 is 2.10 bits per heavy atom. The summed E-state index contributed by atoms with van der Waals surface area (Å²) in [4.78, 5) is 12.0. The number of nitrogens with zero attached hydrogens (tertiary/aromatic N) is 1. The Hall–Kier alpha value is -2.30. The van der Waals surface area contributed by atoms with Crippen molar-refractivity contribution in [1.82, 2.24) is 5.43 Å². The van der Waals surface area contributed by atoms with Gasteiger partial charge in [-0.1, -0.05) is 17.7 Å². The minimum atomic E-state index is -0.666. The number of para-hydroxylation sites is 2. The zero-order valence-electron chi connectivity index (χ0n) is 11.3. The first kappa shape index (κ1) is 12.7. The van der Waals surface area contributed by atoms with Crippen molar-refractivity contribution in [3.8, 4) is 11.5 Å². The van der Waals surface area contributed by atoms with Gasteiger partial charge in [-0.25, -0.2) is 5.43 Å². The van der Waals surface area contributed by atoms with E-state index in [1.54, 1.807) is 6.07 Å². The molecule has 104 valence electrons. The molecule has 0 radical (unpaired) electrons. The highest BCUT2D eigenvalue weighted by molar-refractivity contribution is 5.98. The predicted molar refractivity (Wildman–Crippen MR) is 74.9 cm³/mol. The SMILES string of the molecule is CC1=C/C(=N\NC(=O)C2COc3ccccc3O2)CC1. The summed E-state index contributed by atoms with van der Waals surface area (Å²) in [6, 6.07) is 7.30. The van der Waals surface area contributed by atoms with Crippen LogP contribution in [0, 0.1) is 0 Å². The van der Waals surface area contributed by atoms with Gasteiger partial charge < -0.3 is 9.47 Å². The average Bonchev–Trinajstić information content (AvgIpc) is 2.90. The van der Waals surface area contributed by atoms with Crippen LogP contribution in [0.5, 0.6) is 11.5 Å². The molecular formula is C15H16N2O3. The second kappa shape index (κ2) is 5.36. The molecule has 5 nitrogen and oxygen atoms in total. The molecule has 1 aromatic carbocycles. The fraction of sp³-hybridized carbons (Fsp3) is 0.333. The second-order valence-corrected chi connectivity index (χ2v) is 4.93. The van der Waals surface area contributed by atoms with Crippen LogP contribution in [0.25, 0.3) is 0 Å². The number of rotatable bonds is 2. The van der Waals surface area contributed by atoms with E-state index in [2.05, 4.69) is 17.5 Å². The third-order valence-corrected chi connectivity index (χ3v) is 3.30. The fourth-order valence-electron chi connectivity index (χ4n) is 2.19. The smallest absolute Gasteiger partial charge is 0.284 e. The van der Waals surface area contributed by atoms with Crippen LogP contribution in [0.3, 0.4) is 0 Å². The lowest BCUT2D eigenvalue weighted by Crippen LogP contribution is -2.42. The first-order valence-corrected chi connectivity index (χ1v) is 6.64. The van der Waals surface area contributed by atoms with Crippen molar-refractivity contribution in [1.29, 1.82) is 0 Å². The number of carbonyl (C=O) groups is 1. The van der Waals surface area contributed by atoms with Crippen molar-refractivity contribution < 1.29 is 14.3 Å². The molecule has 1 amide bonds. The molecule has 1 aliphatic carbocycles. The van der Waals surface area contributed by atoms with Crippen molar-refractivity contribution in [3.05, 3.63) is 35.9 Å². The van der Waals surface area contributed by atoms with E-state index < -0.39 is 6.10 Å². The van der Waals surface area contributed by atoms with Gasteiger partial charge in [0.15, 0.2) is 11.5 Å². The number of hydrogen-bond donors (Lipinski definition) is 1. The molecule has 1 aromatic rings. The summed E-state index contributed by atoms with van der Waals surface area (Å²) in [6.45, 7) is 2.25. The number of carbonyl (C=O) groups excluding carboxylic acids is 1. The second-order valence-electron chi connectivity index (χ2n) is 4.93. The highest BCUT2D eigenvalue weighted by Gasteiger charge is 2.27. The van der Waals surface area contributed by atoms with Crippen LogP contribution in [0.2, 0.25) is 0 Å². The summed E-state index contributed by atoms with van der Waals surface area (Å²) in [5.41, 5.74) is 4.72. The number of benzene rings is 1. The third kappa shape index (κ3) is 2.66. The highest BCUT2D eigenvalue weighted by atomic mass is 16.6. The van der Waals surface area contributed by atoms with Crippen molar-refractivity contribution in [3.63, 3.8) is 0 Å². The number of hydrogen-bond acceptors (Lipinski definition) is 4. The molecule has 0 saturated heterocycles. The Kier molecular flexibility index (Phi) is 3.41. The van der Waals surface area contributed by atoms with E-state index in [1.165, 1.54) is 5.57 Å². The third-order valence-electron chi connectivity index (χ3n) is 3.30. The number of hydrazone groups is 1. The van der Waals surface area contributed by atoms with Gasteiger partial charge in [-0.3, -0.25) is 4.79 Å². The molecule has 20 heavy (non-hydrogen) atoms. The lowest BCUT2D eigenvalue weighted by Gasteiger charge is -2.24. The van der Waals surface area contributed by atoms with Gasteiger partial charge in [0.2, 0.25) is 6.10 Å².